The molecule has 2 aromatic rings. The smallest absolute Gasteiger partial charge is 0.328 e. The minimum atomic E-state index is -3.82. The van der Waals surface area contributed by atoms with Gasteiger partial charge in [-0.05, 0) is 36.8 Å². The molecule has 0 fully saturated rings. The number of rotatable bonds is 13. The first-order valence-electron chi connectivity index (χ1n) is 10.5. The quantitative estimate of drug-likeness (QED) is 0.398. The van der Waals surface area contributed by atoms with Gasteiger partial charge in [0.2, 0.25) is 10.0 Å². The molecule has 0 aliphatic heterocycles. The summed E-state index contributed by atoms with van der Waals surface area (Å²) in [5.74, 6) is -1.55. The monoisotopic (exact) mass is 492 g/mol. The number of esters is 2. The van der Waals surface area contributed by atoms with Crippen LogP contribution in [0.4, 0.5) is 0 Å². The third-order valence-electron chi connectivity index (χ3n) is 4.53. The first-order chi connectivity index (χ1) is 16.2. The highest BCUT2D eigenvalue weighted by molar-refractivity contribution is 7.89. The number of amides is 1. The lowest BCUT2D eigenvalue weighted by molar-refractivity contribution is -0.150. The maximum atomic E-state index is 12.3. The van der Waals surface area contributed by atoms with Crippen molar-refractivity contribution < 1.29 is 37.0 Å². The van der Waals surface area contributed by atoms with E-state index in [0.717, 1.165) is 5.56 Å². The van der Waals surface area contributed by atoms with E-state index in [1.54, 1.807) is 24.3 Å². The van der Waals surface area contributed by atoms with Crippen LogP contribution >= 0.6 is 0 Å². The van der Waals surface area contributed by atoms with Crippen LogP contribution in [0.5, 0.6) is 5.75 Å². The molecule has 0 aliphatic carbocycles. The molecule has 0 radical (unpaired) electrons. The Bertz CT molecular complexity index is 1060. The number of carbonyl (C=O) groups is 3. The summed E-state index contributed by atoms with van der Waals surface area (Å²) in [5.41, 5.74) is 0.815. The van der Waals surface area contributed by atoms with Crippen molar-refractivity contribution in [2.45, 2.75) is 30.7 Å². The molecule has 1 unspecified atom stereocenters. The summed E-state index contributed by atoms with van der Waals surface area (Å²) in [7, 11) is -2.61. The van der Waals surface area contributed by atoms with Crippen molar-refractivity contribution in [1.29, 1.82) is 0 Å². The van der Waals surface area contributed by atoms with Gasteiger partial charge in [-0.3, -0.25) is 9.59 Å². The van der Waals surface area contributed by atoms with Crippen LogP contribution in [0.1, 0.15) is 18.9 Å². The molecule has 1 amide bonds. The maximum Gasteiger partial charge on any atom is 0.328 e. The van der Waals surface area contributed by atoms with Crippen LogP contribution in [0.2, 0.25) is 0 Å². The van der Waals surface area contributed by atoms with Gasteiger partial charge in [0, 0.05) is 13.0 Å². The number of hydrogen-bond donors (Lipinski definition) is 2. The molecule has 0 aromatic heterocycles. The number of nitrogens with one attached hydrogen (secondary N) is 2. The summed E-state index contributed by atoms with van der Waals surface area (Å²) < 4.78 is 41.8. The second kappa shape index (κ2) is 13.3. The average molecular weight is 493 g/mol. The Kier molecular flexibility index (Phi) is 10.5. The van der Waals surface area contributed by atoms with Crippen LogP contribution < -0.4 is 14.8 Å². The summed E-state index contributed by atoms with van der Waals surface area (Å²) in [6, 6.07) is 13.9. The molecule has 34 heavy (non-hydrogen) atoms. The lowest BCUT2D eigenvalue weighted by Crippen LogP contribution is -2.44. The van der Waals surface area contributed by atoms with E-state index >= 15 is 0 Å². The molecule has 0 saturated carbocycles. The van der Waals surface area contributed by atoms with E-state index in [4.69, 9.17) is 14.2 Å². The molecule has 2 aromatic carbocycles. The number of sulfonamides is 1. The molecular weight excluding hydrogens is 464 g/mol. The molecular formula is C23H28N2O8S. The van der Waals surface area contributed by atoms with Crippen LogP contribution in [0.15, 0.2) is 59.5 Å². The maximum absolute atomic E-state index is 12.3. The third kappa shape index (κ3) is 8.83. The number of carbonyl (C=O) groups excluding carboxylic acids is 3. The summed E-state index contributed by atoms with van der Waals surface area (Å²) in [6.07, 6.45) is -0.0749. The van der Waals surface area contributed by atoms with Gasteiger partial charge >= 0.3 is 11.9 Å². The van der Waals surface area contributed by atoms with Crippen LogP contribution in [0, 0.1) is 0 Å². The predicted molar refractivity (Wildman–Crippen MR) is 122 cm³/mol. The lowest BCUT2D eigenvalue weighted by atomic mass is 10.1. The van der Waals surface area contributed by atoms with Gasteiger partial charge in [-0.25, -0.2) is 17.9 Å². The van der Waals surface area contributed by atoms with Crippen molar-refractivity contribution in [3.05, 3.63) is 60.2 Å². The van der Waals surface area contributed by atoms with Crippen LogP contribution in [0.25, 0.3) is 0 Å². The van der Waals surface area contributed by atoms with Gasteiger partial charge in [-0.15, -0.1) is 0 Å². The normalized spacial score (nSPS) is 11.8. The fourth-order valence-electron chi connectivity index (χ4n) is 2.89. The van der Waals surface area contributed by atoms with Crippen molar-refractivity contribution >= 4 is 27.9 Å². The Morgan fingerprint density at radius 2 is 1.68 bits per heavy atom. The SMILES string of the molecule is CCOc1ccc(S(=O)(=O)NCCC(=O)OCC(=O)NC(Cc2ccccc2)C(=O)OC)cc1. The van der Waals surface area contributed by atoms with E-state index in [1.165, 1.54) is 31.4 Å². The van der Waals surface area contributed by atoms with Gasteiger partial charge in [-0.1, -0.05) is 30.3 Å². The largest absolute Gasteiger partial charge is 0.494 e. The van der Waals surface area contributed by atoms with Gasteiger partial charge in [-0.2, -0.15) is 0 Å². The molecule has 0 spiro atoms. The fourth-order valence-corrected chi connectivity index (χ4v) is 3.92. The van der Waals surface area contributed by atoms with E-state index in [1.807, 2.05) is 13.0 Å². The van der Waals surface area contributed by atoms with Gasteiger partial charge in [0.15, 0.2) is 6.61 Å². The number of benzene rings is 2. The Balaban J connectivity index is 1.77. The molecule has 0 heterocycles. The molecule has 0 bridgehead atoms. The zero-order valence-corrected chi connectivity index (χ0v) is 19.8. The van der Waals surface area contributed by atoms with Gasteiger partial charge in [0.1, 0.15) is 11.8 Å². The van der Waals surface area contributed by atoms with Gasteiger partial charge in [0.25, 0.3) is 5.91 Å². The Morgan fingerprint density at radius 3 is 2.29 bits per heavy atom. The zero-order chi connectivity index (χ0) is 25.0. The van der Waals surface area contributed by atoms with Crippen molar-refractivity contribution in [1.82, 2.24) is 10.0 Å². The topological polar surface area (TPSA) is 137 Å². The van der Waals surface area contributed by atoms with E-state index in [-0.39, 0.29) is 24.3 Å². The molecule has 10 nitrogen and oxygen atoms in total. The average Bonchev–Trinajstić information content (AvgIpc) is 2.83. The number of hydrogen-bond acceptors (Lipinski definition) is 8. The van der Waals surface area contributed by atoms with E-state index in [9.17, 15) is 22.8 Å². The summed E-state index contributed by atoms with van der Waals surface area (Å²) >= 11 is 0. The van der Waals surface area contributed by atoms with Crippen molar-refractivity contribution in [3.8, 4) is 5.75 Å². The number of ether oxygens (including phenoxy) is 3. The standard InChI is InChI=1S/C23H28N2O8S/c1-3-32-18-9-11-19(12-10-18)34(29,30)24-14-13-22(27)33-16-21(26)25-20(23(28)31-2)15-17-7-5-4-6-8-17/h4-12,20,24H,3,13-16H2,1-2H3,(H,25,26). The van der Waals surface area contributed by atoms with Crippen LogP contribution in [-0.4, -0.2) is 59.2 Å². The zero-order valence-electron chi connectivity index (χ0n) is 19.0. The highest BCUT2D eigenvalue weighted by atomic mass is 32.2. The molecule has 184 valence electrons. The summed E-state index contributed by atoms with van der Waals surface area (Å²) in [5, 5.41) is 2.47. The van der Waals surface area contributed by atoms with E-state index in [0.29, 0.717) is 12.4 Å². The highest BCUT2D eigenvalue weighted by Gasteiger charge is 2.22. The van der Waals surface area contributed by atoms with Crippen molar-refractivity contribution in [2.24, 2.45) is 0 Å². The second-order valence-corrected chi connectivity index (χ2v) is 8.81. The Morgan fingerprint density at radius 1 is 1.00 bits per heavy atom. The van der Waals surface area contributed by atoms with Crippen molar-refractivity contribution in [2.75, 3.05) is 26.9 Å². The Labute approximate surface area is 198 Å². The number of methoxy groups -OCH3 is 1. The molecule has 1 atom stereocenters. The molecule has 0 saturated heterocycles. The molecule has 0 aliphatic rings. The predicted octanol–water partition coefficient (Wildman–Crippen LogP) is 1.20. The van der Waals surface area contributed by atoms with Gasteiger partial charge < -0.3 is 19.5 Å². The van der Waals surface area contributed by atoms with E-state index < -0.39 is 40.5 Å². The fraction of sp³-hybridized carbons (Fsp3) is 0.348. The first kappa shape index (κ1) is 26.8. The lowest BCUT2D eigenvalue weighted by Gasteiger charge is -2.16. The third-order valence-corrected chi connectivity index (χ3v) is 6.01. The Hall–Kier alpha value is -3.44. The minimum absolute atomic E-state index is 0.0240. The summed E-state index contributed by atoms with van der Waals surface area (Å²) in [6.45, 7) is 1.44. The van der Waals surface area contributed by atoms with Crippen molar-refractivity contribution in [3.63, 3.8) is 0 Å². The first-order valence-corrected chi connectivity index (χ1v) is 12.0. The molecule has 2 rings (SSSR count). The van der Waals surface area contributed by atoms with E-state index in [2.05, 4.69) is 10.0 Å². The van der Waals surface area contributed by atoms with Crippen LogP contribution in [0.3, 0.4) is 0 Å². The second-order valence-electron chi connectivity index (χ2n) is 7.05. The molecule has 11 heteroatoms. The van der Waals surface area contributed by atoms with Gasteiger partial charge in [0.05, 0.1) is 25.0 Å². The minimum Gasteiger partial charge on any atom is -0.494 e. The highest BCUT2D eigenvalue weighted by Crippen LogP contribution is 2.15. The van der Waals surface area contributed by atoms with Crippen LogP contribution in [-0.2, 0) is 40.3 Å². The summed E-state index contributed by atoms with van der Waals surface area (Å²) in [4.78, 5) is 36.1. The molecule has 2 N–H and O–H groups in total.